The first-order chi connectivity index (χ1) is 11.8. The number of amides is 2. The lowest BCUT2D eigenvalue weighted by atomic mass is 9.95. The Labute approximate surface area is 150 Å². The number of aromatic hydroxyl groups is 1. The van der Waals surface area contributed by atoms with Crippen molar-refractivity contribution in [1.82, 2.24) is 10.6 Å². The fourth-order valence-corrected chi connectivity index (χ4v) is 2.68. The van der Waals surface area contributed by atoms with Crippen LogP contribution in [0.2, 0.25) is 5.02 Å². The van der Waals surface area contributed by atoms with E-state index in [-0.39, 0.29) is 28.2 Å². The second-order valence-corrected chi connectivity index (χ2v) is 6.16. The molecule has 2 atom stereocenters. The molecule has 2 unspecified atom stereocenters. The molecule has 0 aromatic heterocycles. The number of carbonyl (C=O) groups is 2. The molecule has 8 heteroatoms. The van der Waals surface area contributed by atoms with Crippen molar-refractivity contribution in [2.75, 3.05) is 7.11 Å². The third-order valence-corrected chi connectivity index (χ3v) is 4.26. The SMILES string of the molecule is CCC(C)OC(=O)C1=C(C)NC(=O)NC1c1cc(Cl)c(O)c(OC)c1. The third kappa shape index (κ3) is 3.99. The monoisotopic (exact) mass is 368 g/mol. The van der Waals surface area contributed by atoms with Crippen molar-refractivity contribution in [3.05, 3.63) is 34.0 Å². The Bertz CT molecular complexity index is 732. The maximum Gasteiger partial charge on any atom is 0.338 e. The molecule has 1 aliphatic heterocycles. The summed E-state index contributed by atoms with van der Waals surface area (Å²) in [5.74, 6) is -0.604. The van der Waals surface area contributed by atoms with E-state index < -0.39 is 18.0 Å². The van der Waals surface area contributed by atoms with Crippen LogP contribution in [-0.2, 0) is 9.53 Å². The Morgan fingerprint density at radius 3 is 2.72 bits per heavy atom. The zero-order chi connectivity index (χ0) is 18.7. The lowest BCUT2D eigenvalue weighted by Gasteiger charge is -2.29. The first-order valence-electron chi connectivity index (χ1n) is 7.84. The summed E-state index contributed by atoms with van der Waals surface area (Å²) >= 11 is 6.03. The van der Waals surface area contributed by atoms with Crippen LogP contribution in [-0.4, -0.2) is 30.3 Å². The number of benzene rings is 1. The Hall–Kier alpha value is -2.41. The number of rotatable bonds is 5. The van der Waals surface area contributed by atoms with Crippen LogP contribution in [0.1, 0.15) is 38.8 Å². The fourth-order valence-electron chi connectivity index (χ4n) is 2.46. The van der Waals surface area contributed by atoms with Crippen molar-refractivity contribution < 1.29 is 24.2 Å². The van der Waals surface area contributed by atoms with Gasteiger partial charge in [0.1, 0.15) is 0 Å². The summed E-state index contributed by atoms with van der Waals surface area (Å²) in [6.45, 7) is 5.32. The summed E-state index contributed by atoms with van der Waals surface area (Å²) < 4.78 is 10.5. The van der Waals surface area contributed by atoms with Gasteiger partial charge in [-0.05, 0) is 38.0 Å². The predicted octanol–water partition coefficient (Wildman–Crippen LogP) is 3.02. The number of allylic oxidation sites excluding steroid dienone is 1. The van der Waals surface area contributed by atoms with E-state index >= 15 is 0 Å². The van der Waals surface area contributed by atoms with Crippen LogP contribution in [0.3, 0.4) is 0 Å². The highest BCUT2D eigenvalue weighted by Gasteiger charge is 2.33. The van der Waals surface area contributed by atoms with E-state index in [1.54, 1.807) is 13.8 Å². The summed E-state index contributed by atoms with van der Waals surface area (Å²) in [5, 5.41) is 15.2. The smallest absolute Gasteiger partial charge is 0.338 e. The number of ether oxygens (including phenoxy) is 2. The number of phenols is 1. The van der Waals surface area contributed by atoms with E-state index in [4.69, 9.17) is 21.1 Å². The van der Waals surface area contributed by atoms with Crippen LogP contribution in [0.25, 0.3) is 0 Å². The van der Waals surface area contributed by atoms with Gasteiger partial charge < -0.3 is 25.2 Å². The number of hydrogen-bond donors (Lipinski definition) is 3. The van der Waals surface area contributed by atoms with Crippen LogP contribution in [0.15, 0.2) is 23.4 Å². The molecular formula is C17H21ClN2O5. The molecule has 0 aliphatic carbocycles. The molecule has 25 heavy (non-hydrogen) atoms. The number of esters is 1. The minimum absolute atomic E-state index is 0.0504. The van der Waals surface area contributed by atoms with Gasteiger partial charge in [-0.3, -0.25) is 0 Å². The largest absolute Gasteiger partial charge is 0.503 e. The maximum absolute atomic E-state index is 12.6. The van der Waals surface area contributed by atoms with Gasteiger partial charge in [0.2, 0.25) is 0 Å². The second-order valence-electron chi connectivity index (χ2n) is 5.75. The van der Waals surface area contributed by atoms with E-state index in [1.165, 1.54) is 19.2 Å². The third-order valence-electron chi connectivity index (χ3n) is 3.98. The molecule has 1 aliphatic rings. The maximum atomic E-state index is 12.6. The number of halogens is 1. The molecule has 0 saturated heterocycles. The van der Waals surface area contributed by atoms with Gasteiger partial charge in [0.15, 0.2) is 11.5 Å². The number of carbonyl (C=O) groups excluding carboxylic acids is 2. The van der Waals surface area contributed by atoms with Crippen molar-refractivity contribution in [2.45, 2.75) is 39.3 Å². The molecule has 0 bridgehead atoms. The lowest BCUT2D eigenvalue weighted by molar-refractivity contribution is -0.144. The normalized spacial score (nSPS) is 18.3. The molecule has 0 fully saturated rings. The van der Waals surface area contributed by atoms with Crippen molar-refractivity contribution >= 4 is 23.6 Å². The zero-order valence-electron chi connectivity index (χ0n) is 14.5. The molecule has 0 radical (unpaired) electrons. The molecule has 0 spiro atoms. The summed E-state index contributed by atoms with van der Waals surface area (Å²) in [6.07, 6.45) is 0.408. The van der Waals surface area contributed by atoms with Gasteiger partial charge in [0, 0.05) is 5.70 Å². The summed E-state index contributed by atoms with van der Waals surface area (Å²) in [7, 11) is 1.38. The van der Waals surface area contributed by atoms with Crippen LogP contribution in [0, 0.1) is 0 Å². The summed E-state index contributed by atoms with van der Waals surface area (Å²) in [5.41, 5.74) is 1.15. The van der Waals surface area contributed by atoms with E-state index in [2.05, 4.69) is 10.6 Å². The number of methoxy groups -OCH3 is 1. The average Bonchev–Trinajstić information content (AvgIpc) is 2.56. The predicted molar refractivity (Wildman–Crippen MR) is 92.6 cm³/mol. The second kappa shape index (κ2) is 7.65. The topological polar surface area (TPSA) is 96.9 Å². The van der Waals surface area contributed by atoms with Crippen molar-refractivity contribution in [3.63, 3.8) is 0 Å². The van der Waals surface area contributed by atoms with Gasteiger partial charge in [-0.1, -0.05) is 18.5 Å². The van der Waals surface area contributed by atoms with Crippen LogP contribution < -0.4 is 15.4 Å². The van der Waals surface area contributed by atoms with Gasteiger partial charge in [0.05, 0.1) is 29.9 Å². The lowest BCUT2D eigenvalue weighted by Crippen LogP contribution is -2.45. The van der Waals surface area contributed by atoms with E-state index in [9.17, 15) is 14.7 Å². The molecule has 2 rings (SSSR count). The summed E-state index contributed by atoms with van der Waals surface area (Å²) in [4.78, 5) is 24.5. The highest BCUT2D eigenvalue weighted by Crippen LogP contribution is 2.39. The molecule has 1 aromatic rings. The minimum atomic E-state index is -0.780. The fraction of sp³-hybridized carbons (Fsp3) is 0.412. The first-order valence-corrected chi connectivity index (χ1v) is 8.21. The van der Waals surface area contributed by atoms with Crippen LogP contribution >= 0.6 is 11.6 Å². The molecule has 3 N–H and O–H groups in total. The molecular weight excluding hydrogens is 348 g/mol. The van der Waals surface area contributed by atoms with Crippen LogP contribution in [0.5, 0.6) is 11.5 Å². The Morgan fingerprint density at radius 1 is 1.44 bits per heavy atom. The number of urea groups is 1. The standard InChI is InChI=1S/C17H21ClN2O5/c1-5-8(2)25-16(22)13-9(3)19-17(23)20-14(13)10-6-11(18)15(21)12(7-10)24-4/h6-8,14,21H,5H2,1-4H3,(H2,19,20,23). The van der Waals surface area contributed by atoms with E-state index in [1.807, 2.05) is 6.92 Å². The van der Waals surface area contributed by atoms with Crippen molar-refractivity contribution in [3.8, 4) is 11.5 Å². The van der Waals surface area contributed by atoms with Crippen molar-refractivity contribution in [2.24, 2.45) is 0 Å². The first kappa shape index (κ1) is 18.9. The van der Waals surface area contributed by atoms with E-state index in [0.29, 0.717) is 17.7 Å². The molecule has 1 aromatic carbocycles. The molecule has 2 amide bonds. The average molecular weight is 369 g/mol. The highest BCUT2D eigenvalue weighted by atomic mass is 35.5. The minimum Gasteiger partial charge on any atom is -0.503 e. The molecule has 136 valence electrons. The molecule has 7 nitrogen and oxygen atoms in total. The Balaban J connectivity index is 2.49. The summed E-state index contributed by atoms with van der Waals surface area (Å²) in [6, 6.07) is 1.75. The number of phenolic OH excluding ortho intramolecular Hbond substituents is 1. The zero-order valence-corrected chi connectivity index (χ0v) is 15.2. The van der Waals surface area contributed by atoms with Gasteiger partial charge in [0.25, 0.3) is 0 Å². The van der Waals surface area contributed by atoms with Crippen molar-refractivity contribution in [1.29, 1.82) is 0 Å². The van der Waals surface area contributed by atoms with Crippen LogP contribution in [0.4, 0.5) is 4.79 Å². The van der Waals surface area contributed by atoms with Gasteiger partial charge in [-0.2, -0.15) is 0 Å². The number of hydrogen-bond acceptors (Lipinski definition) is 5. The highest BCUT2D eigenvalue weighted by molar-refractivity contribution is 6.32. The van der Waals surface area contributed by atoms with Gasteiger partial charge in [-0.15, -0.1) is 0 Å². The Kier molecular flexibility index (Phi) is 5.79. The van der Waals surface area contributed by atoms with Gasteiger partial charge in [-0.25, -0.2) is 9.59 Å². The van der Waals surface area contributed by atoms with E-state index in [0.717, 1.165) is 0 Å². The van der Waals surface area contributed by atoms with Gasteiger partial charge >= 0.3 is 12.0 Å². The Morgan fingerprint density at radius 2 is 2.12 bits per heavy atom. The molecule has 0 saturated carbocycles. The quantitative estimate of drug-likeness (QED) is 0.694. The number of nitrogens with one attached hydrogen (secondary N) is 2. The molecule has 1 heterocycles.